The Hall–Kier alpha value is -1.70. The first-order valence-electron chi connectivity index (χ1n) is 4.90. The van der Waals surface area contributed by atoms with E-state index < -0.39 is 0 Å². The molecule has 0 N–H and O–H groups in total. The Balaban J connectivity index is 4.49. The van der Waals surface area contributed by atoms with Crippen LogP contribution in [-0.2, 0) is 9.59 Å². The molecule has 0 aliphatic heterocycles. The molecule has 0 radical (unpaired) electrons. The average Bonchev–Trinajstić information content (AvgIpc) is 2.28. The van der Waals surface area contributed by atoms with Gasteiger partial charge in [-0.3, -0.25) is 9.59 Å². The fourth-order valence-electron chi connectivity index (χ4n) is 0.879. The number of hydrogen-bond acceptors (Lipinski definition) is 2. The van der Waals surface area contributed by atoms with Gasteiger partial charge in [0.15, 0.2) is 12.6 Å². The normalized spacial score (nSPS) is 12.0. The third-order valence-electron chi connectivity index (χ3n) is 1.73. The number of carbonyl (C=O) groups is 2. The highest BCUT2D eigenvalue weighted by atomic mass is 16.1. The molecule has 0 saturated carbocycles. The first-order chi connectivity index (χ1) is 7.28. The molecule has 0 aliphatic rings. The molecule has 0 bridgehead atoms. The first kappa shape index (κ1) is 13.3. The smallest absolute Gasteiger partial charge is 0.153 e. The van der Waals surface area contributed by atoms with E-state index in [9.17, 15) is 9.59 Å². The Kier molecular flexibility index (Phi) is 7.87. The highest BCUT2D eigenvalue weighted by Crippen LogP contribution is 2.00. The van der Waals surface area contributed by atoms with Gasteiger partial charge in [0.05, 0.1) is 5.57 Å². The van der Waals surface area contributed by atoms with Crippen LogP contribution in [0.2, 0.25) is 0 Å². The van der Waals surface area contributed by atoms with E-state index in [1.807, 2.05) is 31.2 Å². The van der Waals surface area contributed by atoms with E-state index in [0.29, 0.717) is 12.6 Å². The molecule has 15 heavy (non-hydrogen) atoms. The minimum Gasteiger partial charge on any atom is -0.298 e. The van der Waals surface area contributed by atoms with E-state index in [1.54, 1.807) is 6.08 Å². The lowest BCUT2D eigenvalue weighted by Crippen LogP contribution is -1.83. The molecule has 0 atom stereocenters. The zero-order chi connectivity index (χ0) is 11.5. The van der Waals surface area contributed by atoms with Gasteiger partial charge in [-0.1, -0.05) is 37.3 Å². The number of aldehydes is 2. The fraction of sp³-hybridized carbons (Fsp3) is 0.231. The number of rotatable bonds is 6. The van der Waals surface area contributed by atoms with Gasteiger partial charge in [-0.2, -0.15) is 0 Å². The lowest BCUT2D eigenvalue weighted by atomic mass is 10.2. The van der Waals surface area contributed by atoms with Crippen molar-refractivity contribution in [3.05, 3.63) is 47.6 Å². The third kappa shape index (κ3) is 6.38. The molecule has 0 spiro atoms. The van der Waals surface area contributed by atoms with Crippen molar-refractivity contribution >= 4 is 12.6 Å². The average molecular weight is 204 g/mol. The van der Waals surface area contributed by atoms with E-state index in [2.05, 4.69) is 6.92 Å². The lowest BCUT2D eigenvalue weighted by molar-refractivity contribution is -0.109. The largest absolute Gasteiger partial charge is 0.298 e. The van der Waals surface area contributed by atoms with Crippen LogP contribution in [0.1, 0.15) is 20.3 Å². The highest BCUT2D eigenvalue weighted by Gasteiger charge is 1.87. The van der Waals surface area contributed by atoms with Gasteiger partial charge in [0, 0.05) is 0 Å². The van der Waals surface area contributed by atoms with Crippen molar-refractivity contribution in [2.75, 3.05) is 0 Å². The van der Waals surface area contributed by atoms with E-state index in [-0.39, 0.29) is 5.57 Å². The molecule has 0 aromatic carbocycles. The van der Waals surface area contributed by atoms with Crippen molar-refractivity contribution < 1.29 is 9.59 Å². The van der Waals surface area contributed by atoms with Gasteiger partial charge in [0.25, 0.3) is 0 Å². The number of allylic oxidation sites excluding steroid dienone is 8. The molecular weight excluding hydrogens is 188 g/mol. The maximum absolute atomic E-state index is 10.3. The monoisotopic (exact) mass is 204 g/mol. The molecule has 2 nitrogen and oxygen atoms in total. The molecule has 0 aromatic heterocycles. The van der Waals surface area contributed by atoms with Crippen molar-refractivity contribution in [2.45, 2.75) is 20.3 Å². The fourth-order valence-corrected chi connectivity index (χ4v) is 0.879. The van der Waals surface area contributed by atoms with Crippen LogP contribution >= 0.6 is 0 Å². The molecule has 0 aromatic rings. The molecule has 80 valence electrons. The van der Waals surface area contributed by atoms with Gasteiger partial charge in [-0.15, -0.1) is 0 Å². The van der Waals surface area contributed by atoms with Crippen LogP contribution in [0.25, 0.3) is 0 Å². The minimum atomic E-state index is 0.140. The standard InChI is InChI=1S/C13H16O2/c1-3-5-7-12(4-2)8-6-9-13(10-14)11-15/h4-11H,3H2,1-2H3/b7-5-,8-6+,12-4+. The summed E-state index contributed by atoms with van der Waals surface area (Å²) in [6, 6.07) is 0. The zero-order valence-electron chi connectivity index (χ0n) is 9.14. The van der Waals surface area contributed by atoms with Crippen LogP contribution in [0.5, 0.6) is 0 Å². The Morgan fingerprint density at radius 2 is 1.73 bits per heavy atom. The molecule has 0 rings (SSSR count). The molecule has 0 amide bonds. The summed E-state index contributed by atoms with van der Waals surface area (Å²) in [5.74, 6) is 0. The third-order valence-corrected chi connectivity index (χ3v) is 1.73. The summed E-state index contributed by atoms with van der Waals surface area (Å²) in [7, 11) is 0. The van der Waals surface area contributed by atoms with E-state index in [0.717, 1.165) is 12.0 Å². The van der Waals surface area contributed by atoms with Crippen LogP contribution in [0.4, 0.5) is 0 Å². The second-order valence-electron chi connectivity index (χ2n) is 2.86. The van der Waals surface area contributed by atoms with Gasteiger partial charge in [-0.05, 0) is 25.0 Å². The molecule has 0 heterocycles. The van der Waals surface area contributed by atoms with Crippen LogP contribution < -0.4 is 0 Å². The predicted molar refractivity (Wildman–Crippen MR) is 62.5 cm³/mol. The van der Waals surface area contributed by atoms with Crippen LogP contribution in [0.3, 0.4) is 0 Å². The van der Waals surface area contributed by atoms with E-state index in [1.165, 1.54) is 6.08 Å². The maximum Gasteiger partial charge on any atom is 0.153 e. The topological polar surface area (TPSA) is 34.1 Å². The second kappa shape index (κ2) is 8.88. The van der Waals surface area contributed by atoms with E-state index >= 15 is 0 Å². The van der Waals surface area contributed by atoms with Crippen LogP contribution in [-0.4, -0.2) is 12.6 Å². The van der Waals surface area contributed by atoms with E-state index in [4.69, 9.17) is 0 Å². The first-order valence-corrected chi connectivity index (χ1v) is 4.90. The van der Waals surface area contributed by atoms with Crippen molar-refractivity contribution in [1.82, 2.24) is 0 Å². The lowest BCUT2D eigenvalue weighted by Gasteiger charge is -1.90. The molecular formula is C13H16O2. The van der Waals surface area contributed by atoms with Gasteiger partial charge in [0.1, 0.15) is 0 Å². The minimum absolute atomic E-state index is 0.140. The van der Waals surface area contributed by atoms with Gasteiger partial charge < -0.3 is 0 Å². The quantitative estimate of drug-likeness (QED) is 0.219. The summed E-state index contributed by atoms with van der Waals surface area (Å²) < 4.78 is 0. The molecule has 0 unspecified atom stereocenters. The SMILES string of the molecule is C/C=C(\C=C/CC)/C=C/C=C(C=O)C=O. The maximum atomic E-state index is 10.3. The number of hydrogen-bond donors (Lipinski definition) is 0. The van der Waals surface area contributed by atoms with Crippen LogP contribution in [0.15, 0.2) is 47.6 Å². The van der Waals surface area contributed by atoms with Crippen molar-refractivity contribution in [3.63, 3.8) is 0 Å². The molecule has 2 heteroatoms. The van der Waals surface area contributed by atoms with Crippen molar-refractivity contribution in [2.24, 2.45) is 0 Å². The van der Waals surface area contributed by atoms with Crippen molar-refractivity contribution in [3.8, 4) is 0 Å². The van der Waals surface area contributed by atoms with Gasteiger partial charge in [-0.25, -0.2) is 0 Å². The van der Waals surface area contributed by atoms with Gasteiger partial charge in [0.2, 0.25) is 0 Å². The zero-order valence-corrected chi connectivity index (χ0v) is 9.14. The Bertz CT molecular complexity index is 307. The highest BCUT2D eigenvalue weighted by molar-refractivity contribution is 5.99. The summed E-state index contributed by atoms with van der Waals surface area (Å²) in [5.41, 5.74) is 1.19. The second-order valence-corrected chi connectivity index (χ2v) is 2.86. The number of carbonyl (C=O) groups excluding carboxylic acids is 2. The summed E-state index contributed by atoms with van der Waals surface area (Å²) in [4.78, 5) is 20.6. The Labute approximate surface area is 90.7 Å². The Morgan fingerprint density at radius 3 is 2.20 bits per heavy atom. The van der Waals surface area contributed by atoms with Gasteiger partial charge >= 0.3 is 0 Å². The molecule has 0 saturated heterocycles. The van der Waals surface area contributed by atoms with Crippen LogP contribution in [0, 0.1) is 0 Å². The molecule has 0 aliphatic carbocycles. The summed E-state index contributed by atoms with van der Waals surface area (Å²) in [6.45, 7) is 3.99. The summed E-state index contributed by atoms with van der Waals surface area (Å²) in [5, 5.41) is 0. The Morgan fingerprint density at radius 1 is 1.07 bits per heavy atom. The summed E-state index contributed by atoms with van der Waals surface area (Å²) >= 11 is 0. The molecule has 0 fully saturated rings. The predicted octanol–water partition coefficient (Wildman–Crippen LogP) is 2.78. The van der Waals surface area contributed by atoms with Crippen molar-refractivity contribution in [1.29, 1.82) is 0 Å². The summed E-state index contributed by atoms with van der Waals surface area (Å²) in [6.07, 6.45) is 13.1.